The van der Waals surface area contributed by atoms with Gasteiger partial charge in [0.15, 0.2) is 0 Å². The fraction of sp³-hybridized carbons (Fsp3) is 0.600. The fourth-order valence-corrected chi connectivity index (χ4v) is 4.24. The fourth-order valence-electron chi connectivity index (χ4n) is 4.24. The van der Waals surface area contributed by atoms with E-state index >= 15 is 0 Å². The molecule has 4 rings (SSSR count). The van der Waals surface area contributed by atoms with Crippen LogP contribution in [0, 0.1) is 5.92 Å². The lowest BCUT2D eigenvalue weighted by molar-refractivity contribution is -0.133. The normalized spacial score (nSPS) is 24.3. The molecule has 5 heteroatoms. The first kappa shape index (κ1) is 16.4. The molecule has 3 aliphatic heterocycles. The smallest absolute Gasteiger partial charge is 0.257 e. The van der Waals surface area contributed by atoms with E-state index in [-0.39, 0.29) is 23.1 Å². The van der Waals surface area contributed by atoms with E-state index in [1.165, 1.54) is 0 Å². The molecule has 0 bridgehead atoms. The van der Waals surface area contributed by atoms with E-state index < -0.39 is 0 Å². The Morgan fingerprint density at radius 3 is 2.64 bits per heavy atom. The van der Waals surface area contributed by atoms with Crippen LogP contribution >= 0.6 is 0 Å². The van der Waals surface area contributed by atoms with Crippen LogP contribution in [0.25, 0.3) is 0 Å². The SMILES string of the molecule is CC1(C)COc2c(C(=O)N3CCC(C(=O)N4CCCC4)C3)cccc21. The molecule has 0 N–H and O–H groups in total. The molecule has 1 atom stereocenters. The Labute approximate surface area is 148 Å². The molecule has 0 saturated carbocycles. The van der Waals surface area contributed by atoms with Gasteiger partial charge in [-0.25, -0.2) is 0 Å². The third kappa shape index (κ3) is 2.79. The van der Waals surface area contributed by atoms with Crippen LogP contribution < -0.4 is 4.74 Å². The number of benzene rings is 1. The van der Waals surface area contributed by atoms with Crippen molar-refractivity contribution in [3.63, 3.8) is 0 Å². The van der Waals surface area contributed by atoms with Gasteiger partial charge in [-0.05, 0) is 25.3 Å². The highest BCUT2D eigenvalue weighted by Gasteiger charge is 2.38. The van der Waals surface area contributed by atoms with E-state index in [1.807, 2.05) is 28.0 Å². The minimum atomic E-state index is -0.0646. The summed E-state index contributed by atoms with van der Waals surface area (Å²) in [5, 5.41) is 0. The number of amides is 2. The number of likely N-dealkylation sites (tertiary alicyclic amines) is 2. The number of carbonyl (C=O) groups excluding carboxylic acids is 2. The summed E-state index contributed by atoms with van der Waals surface area (Å²) in [5.74, 6) is 0.901. The summed E-state index contributed by atoms with van der Waals surface area (Å²) in [6.07, 6.45) is 2.97. The van der Waals surface area contributed by atoms with E-state index in [4.69, 9.17) is 4.74 Å². The van der Waals surface area contributed by atoms with Crippen molar-refractivity contribution in [2.75, 3.05) is 32.8 Å². The number of carbonyl (C=O) groups is 2. The lowest BCUT2D eigenvalue weighted by Gasteiger charge is -2.21. The molecule has 3 heterocycles. The lowest BCUT2D eigenvalue weighted by atomic mass is 9.86. The van der Waals surface area contributed by atoms with Crippen LogP contribution in [0.4, 0.5) is 0 Å². The second-order valence-electron chi connectivity index (χ2n) is 8.12. The van der Waals surface area contributed by atoms with Gasteiger partial charge in [-0.3, -0.25) is 9.59 Å². The van der Waals surface area contributed by atoms with Crippen molar-refractivity contribution >= 4 is 11.8 Å². The molecule has 0 aliphatic carbocycles. The van der Waals surface area contributed by atoms with Crippen molar-refractivity contribution < 1.29 is 14.3 Å². The van der Waals surface area contributed by atoms with Crippen molar-refractivity contribution in [2.24, 2.45) is 5.92 Å². The Morgan fingerprint density at radius 2 is 1.88 bits per heavy atom. The largest absolute Gasteiger partial charge is 0.492 e. The Morgan fingerprint density at radius 1 is 1.12 bits per heavy atom. The van der Waals surface area contributed by atoms with Crippen molar-refractivity contribution in [2.45, 2.75) is 38.5 Å². The van der Waals surface area contributed by atoms with Gasteiger partial charge in [-0.2, -0.15) is 0 Å². The highest BCUT2D eigenvalue weighted by molar-refractivity contribution is 5.98. The average Bonchev–Trinajstić information content (AvgIpc) is 3.34. The highest BCUT2D eigenvalue weighted by atomic mass is 16.5. The number of hydrogen-bond donors (Lipinski definition) is 0. The molecular formula is C20H26N2O3. The quantitative estimate of drug-likeness (QED) is 0.829. The predicted molar refractivity (Wildman–Crippen MR) is 94.8 cm³/mol. The molecule has 5 nitrogen and oxygen atoms in total. The van der Waals surface area contributed by atoms with Gasteiger partial charge in [0.2, 0.25) is 5.91 Å². The van der Waals surface area contributed by atoms with Gasteiger partial charge in [-0.1, -0.05) is 26.0 Å². The zero-order valence-corrected chi connectivity index (χ0v) is 15.1. The monoisotopic (exact) mass is 342 g/mol. The number of hydrogen-bond acceptors (Lipinski definition) is 3. The molecule has 0 aromatic heterocycles. The third-order valence-corrected chi connectivity index (χ3v) is 5.79. The first-order valence-corrected chi connectivity index (χ1v) is 9.32. The first-order valence-electron chi connectivity index (χ1n) is 9.32. The van der Waals surface area contributed by atoms with Crippen molar-refractivity contribution in [3.8, 4) is 5.75 Å². The molecule has 2 amide bonds. The third-order valence-electron chi connectivity index (χ3n) is 5.79. The van der Waals surface area contributed by atoms with Crippen LogP contribution in [0.15, 0.2) is 18.2 Å². The predicted octanol–water partition coefficient (Wildman–Crippen LogP) is 2.44. The summed E-state index contributed by atoms with van der Waals surface area (Å²) in [5.41, 5.74) is 1.67. The molecule has 3 aliphatic rings. The van der Waals surface area contributed by atoms with E-state index in [0.717, 1.165) is 43.7 Å². The van der Waals surface area contributed by atoms with E-state index in [2.05, 4.69) is 13.8 Å². The first-order chi connectivity index (χ1) is 12.0. The Hall–Kier alpha value is -2.04. The molecule has 2 saturated heterocycles. The molecule has 25 heavy (non-hydrogen) atoms. The summed E-state index contributed by atoms with van der Waals surface area (Å²) < 4.78 is 5.86. The maximum Gasteiger partial charge on any atom is 0.257 e. The van der Waals surface area contributed by atoms with Crippen LogP contribution in [-0.2, 0) is 10.2 Å². The van der Waals surface area contributed by atoms with Gasteiger partial charge in [0, 0.05) is 37.2 Å². The maximum atomic E-state index is 13.0. The molecule has 0 radical (unpaired) electrons. The lowest BCUT2D eigenvalue weighted by Crippen LogP contribution is -2.36. The van der Waals surface area contributed by atoms with Crippen LogP contribution in [0.1, 0.15) is 49.0 Å². The topological polar surface area (TPSA) is 49.9 Å². The van der Waals surface area contributed by atoms with Gasteiger partial charge in [-0.15, -0.1) is 0 Å². The Balaban J connectivity index is 1.50. The molecule has 1 aromatic carbocycles. The molecule has 1 unspecified atom stereocenters. The highest BCUT2D eigenvalue weighted by Crippen LogP contribution is 2.41. The minimum absolute atomic E-state index is 0.00808. The number of nitrogens with zero attached hydrogens (tertiary/aromatic N) is 2. The van der Waals surface area contributed by atoms with Crippen LogP contribution in [0.2, 0.25) is 0 Å². The second kappa shape index (κ2) is 6.04. The Kier molecular flexibility index (Phi) is 3.97. The van der Waals surface area contributed by atoms with Gasteiger partial charge in [0.05, 0.1) is 18.1 Å². The van der Waals surface area contributed by atoms with E-state index in [0.29, 0.717) is 25.3 Å². The van der Waals surface area contributed by atoms with E-state index in [9.17, 15) is 9.59 Å². The van der Waals surface area contributed by atoms with Gasteiger partial charge in [0.25, 0.3) is 5.91 Å². The van der Waals surface area contributed by atoms with Gasteiger partial charge >= 0.3 is 0 Å². The molecular weight excluding hydrogens is 316 g/mol. The van der Waals surface area contributed by atoms with Crippen molar-refractivity contribution in [1.82, 2.24) is 9.80 Å². The number of para-hydroxylation sites is 1. The Bertz CT molecular complexity index is 707. The summed E-state index contributed by atoms with van der Waals surface area (Å²) in [4.78, 5) is 29.4. The number of ether oxygens (including phenoxy) is 1. The van der Waals surface area contributed by atoms with E-state index in [1.54, 1.807) is 0 Å². The molecule has 134 valence electrons. The van der Waals surface area contributed by atoms with Gasteiger partial charge < -0.3 is 14.5 Å². The zero-order chi connectivity index (χ0) is 17.6. The summed E-state index contributed by atoms with van der Waals surface area (Å²) in [6.45, 7) is 7.79. The second-order valence-corrected chi connectivity index (χ2v) is 8.12. The standard InChI is InChI=1S/C20H26N2O3/c1-20(2)13-25-17-15(6-5-7-16(17)20)19(24)22-11-8-14(12-22)18(23)21-9-3-4-10-21/h5-7,14H,3-4,8-13H2,1-2H3. The minimum Gasteiger partial charge on any atom is -0.492 e. The number of fused-ring (bicyclic) bond motifs is 1. The average molecular weight is 342 g/mol. The maximum absolute atomic E-state index is 13.0. The zero-order valence-electron chi connectivity index (χ0n) is 15.1. The summed E-state index contributed by atoms with van der Waals surface area (Å²) in [6, 6.07) is 5.83. The molecule has 1 aromatic rings. The van der Waals surface area contributed by atoms with Crippen LogP contribution in [0.3, 0.4) is 0 Å². The summed E-state index contributed by atoms with van der Waals surface area (Å²) >= 11 is 0. The van der Waals surface area contributed by atoms with Gasteiger partial charge in [0.1, 0.15) is 5.75 Å². The number of rotatable bonds is 2. The molecule has 2 fully saturated rings. The van der Waals surface area contributed by atoms with Crippen molar-refractivity contribution in [1.29, 1.82) is 0 Å². The molecule has 0 spiro atoms. The van der Waals surface area contributed by atoms with Crippen molar-refractivity contribution in [3.05, 3.63) is 29.3 Å². The van der Waals surface area contributed by atoms with Crippen LogP contribution in [-0.4, -0.2) is 54.4 Å². The van der Waals surface area contributed by atoms with Crippen LogP contribution in [0.5, 0.6) is 5.75 Å². The summed E-state index contributed by atoms with van der Waals surface area (Å²) in [7, 11) is 0.